The van der Waals surface area contributed by atoms with E-state index in [-0.39, 0.29) is 24.1 Å². The van der Waals surface area contributed by atoms with Crippen LogP contribution in [-0.4, -0.2) is 44.8 Å². The maximum Gasteiger partial charge on any atom is 0.416 e. The first kappa shape index (κ1) is 18.5. The van der Waals surface area contributed by atoms with Gasteiger partial charge in [0.15, 0.2) is 0 Å². The van der Waals surface area contributed by atoms with E-state index in [4.69, 9.17) is 5.11 Å². The van der Waals surface area contributed by atoms with Crippen LogP contribution in [0.5, 0.6) is 0 Å². The molecule has 0 spiro atoms. The molecule has 2 heterocycles. The average molecular weight is 393 g/mol. The smallest absolute Gasteiger partial charge is 0.416 e. The zero-order valence-corrected chi connectivity index (χ0v) is 14.8. The summed E-state index contributed by atoms with van der Waals surface area (Å²) in [7, 11) is 0. The molecule has 1 N–H and O–H groups in total. The Balaban J connectivity index is 1.68. The molecule has 1 atom stereocenters. The summed E-state index contributed by atoms with van der Waals surface area (Å²) in [6.45, 7) is 0.474. The molecule has 28 heavy (non-hydrogen) atoms. The summed E-state index contributed by atoms with van der Waals surface area (Å²) < 4.78 is 40.6. The molecule has 0 bridgehead atoms. The van der Waals surface area contributed by atoms with Gasteiger partial charge in [-0.25, -0.2) is 4.68 Å². The Bertz CT molecular complexity index is 934. The van der Waals surface area contributed by atoms with Crippen molar-refractivity contribution < 1.29 is 27.9 Å². The van der Waals surface area contributed by atoms with Gasteiger partial charge in [-0.2, -0.15) is 18.3 Å². The van der Waals surface area contributed by atoms with Gasteiger partial charge in [-0.05, 0) is 37.5 Å². The maximum atomic E-state index is 13.1. The van der Waals surface area contributed by atoms with Crippen molar-refractivity contribution in [2.75, 3.05) is 13.1 Å². The predicted molar refractivity (Wildman–Crippen MR) is 92.2 cm³/mol. The van der Waals surface area contributed by atoms with Gasteiger partial charge in [0.1, 0.15) is 0 Å². The standard InChI is InChI=1S/C19H18F3N3O3/c20-19(21,22)13-2-1-3-14(8-13)25-16(11-4-5-11)15(9-23-25)17(26)24-7-6-12(10-24)18(27)28/h1-3,8-9,11-12H,4-7,10H2,(H,27,28)/t12-/m1/s1. The number of hydrogen-bond donors (Lipinski definition) is 1. The van der Waals surface area contributed by atoms with Gasteiger partial charge in [0.05, 0.1) is 34.6 Å². The van der Waals surface area contributed by atoms with Gasteiger partial charge >= 0.3 is 12.1 Å². The Morgan fingerprint density at radius 1 is 1.18 bits per heavy atom. The number of aliphatic carboxylic acids is 1. The minimum atomic E-state index is -4.47. The van der Waals surface area contributed by atoms with E-state index in [9.17, 15) is 22.8 Å². The topological polar surface area (TPSA) is 75.4 Å². The highest BCUT2D eigenvalue weighted by Crippen LogP contribution is 2.43. The van der Waals surface area contributed by atoms with Crippen LogP contribution in [0.4, 0.5) is 13.2 Å². The summed E-state index contributed by atoms with van der Waals surface area (Å²) in [5, 5.41) is 13.3. The van der Waals surface area contributed by atoms with Gasteiger partial charge in [0.2, 0.25) is 0 Å². The predicted octanol–water partition coefficient (Wildman–Crippen LogP) is 3.32. The molecule has 1 aliphatic heterocycles. The highest BCUT2D eigenvalue weighted by molar-refractivity contribution is 5.96. The third-order valence-electron chi connectivity index (χ3n) is 5.24. The SMILES string of the molecule is O=C(O)[C@@H]1CCN(C(=O)c2cnn(-c3cccc(C(F)(F)F)c3)c2C2CC2)C1. The van der Waals surface area contributed by atoms with E-state index in [0.29, 0.717) is 24.2 Å². The fourth-order valence-corrected chi connectivity index (χ4v) is 3.61. The fourth-order valence-electron chi connectivity index (χ4n) is 3.61. The Morgan fingerprint density at radius 3 is 2.54 bits per heavy atom. The number of likely N-dealkylation sites (tertiary alicyclic amines) is 1. The van der Waals surface area contributed by atoms with Crippen LogP contribution in [0.25, 0.3) is 5.69 Å². The number of alkyl halides is 3. The first-order chi connectivity index (χ1) is 13.3. The van der Waals surface area contributed by atoms with Gasteiger partial charge in [-0.3, -0.25) is 9.59 Å². The summed E-state index contributed by atoms with van der Waals surface area (Å²) in [6.07, 6.45) is -1.03. The van der Waals surface area contributed by atoms with Crippen molar-refractivity contribution in [2.24, 2.45) is 5.92 Å². The zero-order valence-electron chi connectivity index (χ0n) is 14.8. The highest BCUT2D eigenvalue weighted by atomic mass is 19.4. The molecule has 1 amide bonds. The molecule has 1 aliphatic carbocycles. The van der Waals surface area contributed by atoms with Crippen molar-refractivity contribution in [2.45, 2.75) is 31.4 Å². The summed E-state index contributed by atoms with van der Waals surface area (Å²) in [5.74, 6) is -1.78. The fraction of sp³-hybridized carbons (Fsp3) is 0.421. The molecular formula is C19H18F3N3O3. The molecule has 1 aromatic heterocycles. The van der Waals surface area contributed by atoms with E-state index in [0.717, 1.165) is 25.0 Å². The quantitative estimate of drug-likeness (QED) is 0.865. The molecule has 9 heteroatoms. The molecule has 0 unspecified atom stereocenters. The lowest BCUT2D eigenvalue weighted by molar-refractivity contribution is -0.141. The van der Waals surface area contributed by atoms with Crippen LogP contribution in [0.1, 0.15) is 46.8 Å². The number of hydrogen-bond acceptors (Lipinski definition) is 3. The second kappa shape index (κ2) is 6.65. The van der Waals surface area contributed by atoms with Crippen LogP contribution in [0, 0.1) is 5.92 Å². The minimum absolute atomic E-state index is 0.0638. The number of carbonyl (C=O) groups excluding carboxylic acids is 1. The Morgan fingerprint density at radius 2 is 1.93 bits per heavy atom. The minimum Gasteiger partial charge on any atom is -0.481 e. The van der Waals surface area contributed by atoms with Crippen LogP contribution >= 0.6 is 0 Å². The van der Waals surface area contributed by atoms with Crippen LogP contribution in [0.3, 0.4) is 0 Å². The van der Waals surface area contributed by atoms with Crippen LogP contribution < -0.4 is 0 Å². The van der Waals surface area contributed by atoms with Crippen LogP contribution in [0.15, 0.2) is 30.5 Å². The van der Waals surface area contributed by atoms with Crippen LogP contribution in [0.2, 0.25) is 0 Å². The van der Waals surface area contributed by atoms with E-state index in [1.54, 1.807) is 0 Å². The number of rotatable bonds is 4. The Labute approximate surface area is 158 Å². The van der Waals surface area contributed by atoms with E-state index >= 15 is 0 Å². The van der Waals surface area contributed by atoms with Gasteiger partial charge in [-0.1, -0.05) is 6.07 Å². The lowest BCUT2D eigenvalue weighted by Gasteiger charge is -2.17. The van der Waals surface area contributed by atoms with E-state index < -0.39 is 23.6 Å². The second-order valence-corrected chi connectivity index (χ2v) is 7.25. The van der Waals surface area contributed by atoms with Crippen molar-refractivity contribution in [3.8, 4) is 5.69 Å². The number of aromatic nitrogens is 2. The second-order valence-electron chi connectivity index (χ2n) is 7.25. The van der Waals surface area contributed by atoms with Gasteiger partial charge < -0.3 is 10.0 Å². The lowest BCUT2D eigenvalue weighted by Crippen LogP contribution is -2.30. The summed E-state index contributed by atoms with van der Waals surface area (Å²) in [5.41, 5.74) is 0.411. The van der Waals surface area contributed by atoms with Crippen LogP contribution in [-0.2, 0) is 11.0 Å². The highest BCUT2D eigenvalue weighted by Gasteiger charge is 2.37. The number of carbonyl (C=O) groups is 2. The summed E-state index contributed by atoms with van der Waals surface area (Å²) in [6, 6.07) is 4.85. The molecule has 1 saturated heterocycles. The largest absolute Gasteiger partial charge is 0.481 e. The first-order valence-corrected chi connectivity index (χ1v) is 9.03. The number of carboxylic acid groups (broad SMARTS) is 1. The maximum absolute atomic E-state index is 13.1. The number of amides is 1. The van der Waals surface area contributed by atoms with Gasteiger partial charge in [-0.15, -0.1) is 0 Å². The first-order valence-electron chi connectivity index (χ1n) is 9.03. The van der Waals surface area contributed by atoms with Crippen molar-refractivity contribution in [1.29, 1.82) is 0 Å². The lowest BCUT2D eigenvalue weighted by atomic mass is 10.1. The molecule has 2 aliphatic rings. The summed E-state index contributed by atoms with van der Waals surface area (Å²) in [4.78, 5) is 25.6. The molecule has 2 fully saturated rings. The molecule has 148 valence electrons. The molecule has 1 aromatic carbocycles. The summed E-state index contributed by atoms with van der Waals surface area (Å²) >= 11 is 0. The Kier molecular flexibility index (Phi) is 4.40. The average Bonchev–Trinajstić information content (AvgIpc) is 3.20. The van der Waals surface area contributed by atoms with Crippen molar-refractivity contribution in [3.63, 3.8) is 0 Å². The number of halogens is 3. The number of carboxylic acids is 1. The number of benzene rings is 1. The molecule has 6 nitrogen and oxygen atoms in total. The van der Waals surface area contributed by atoms with Crippen molar-refractivity contribution in [3.05, 3.63) is 47.3 Å². The van der Waals surface area contributed by atoms with Gasteiger partial charge in [0, 0.05) is 19.0 Å². The molecule has 1 saturated carbocycles. The van der Waals surface area contributed by atoms with Crippen molar-refractivity contribution >= 4 is 11.9 Å². The normalized spacial score (nSPS) is 19.8. The third kappa shape index (κ3) is 3.36. The van der Waals surface area contributed by atoms with Crippen molar-refractivity contribution in [1.82, 2.24) is 14.7 Å². The van der Waals surface area contributed by atoms with Gasteiger partial charge in [0.25, 0.3) is 5.91 Å². The molecule has 0 radical (unpaired) electrons. The molecule has 4 rings (SSSR count). The molecule has 2 aromatic rings. The Hall–Kier alpha value is -2.84. The third-order valence-corrected chi connectivity index (χ3v) is 5.24. The zero-order chi connectivity index (χ0) is 20.1. The van der Waals surface area contributed by atoms with E-state index in [2.05, 4.69) is 5.10 Å². The number of nitrogens with zero attached hydrogens (tertiary/aromatic N) is 3. The monoisotopic (exact) mass is 393 g/mol. The van der Waals surface area contributed by atoms with E-state index in [1.807, 2.05) is 0 Å². The molecular weight excluding hydrogens is 375 g/mol. The van der Waals surface area contributed by atoms with E-state index in [1.165, 1.54) is 27.9 Å².